The highest BCUT2D eigenvalue weighted by Crippen LogP contribution is 2.18. The summed E-state index contributed by atoms with van der Waals surface area (Å²) >= 11 is 0. The lowest BCUT2D eigenvalue weighted by molar-refractivity contribution is -0.268. The van der Waals surface area contributed by atoms with E-state index in [0.717, 1.165) is 12.8 Å². The minimum Gasteiger partial charge on any atom is -0.373 e. The van der Waals surface area contributed by atoms with E-state index < -0.39 is 5.97 Å². The van der Waals surface area contributed by atoms with E-state index in [4.69, 9.17) is 14.5 Å². The molecule has 0 bridgehead atoms. The number of unbranched alkanes of at least 4 members (excludes halogenated alkanes) is 9. The monoisotopic (exact) mass is 312 g/mol. The Bertz CT molecular complexity index is 310. The molecule has 1 unspecified atom stereocenters. The minimum atomic E-state index is -0.470. The summed E-state index contributed by atoms with van der Waals surface area (Å²) in [6.45, 7) is 7.10. The van der Waals surface area contributed by atoms with Crippen molar-refractivity contribution in [2.24, 2.45) is 0 Å². The molecule has 0 aromatic carbocycles. The Morgan fingerprint density at radius 3 is 2.14 bits per heavy atom. The highest BCUT2D eigenvalue weighted by Gasteiger charge is 2.26. The first-order chi connectivity index (χ1) is 10.7. The van der Waals surface area contributed by atoms with Gasteiger partial charge in [0.2, 0.25) is 0 Å². The van der Waals surface area contributed by atoms with Gasteiger partial charge in [-0.3, -0.25) is 4.89 Å². The number of hydrogen-bond acceptors (Lipinski definition) is 4. The van der Waals surface area contributed by atoms with Gasteiger partial charge in [0.1, 0.15) is 0 Å². The summed E-state index contributed by atoms with van der Waals surface area (Å²) in [5.74, 6) is -0.470. The summed E-state index contributed by atoms with van der Waals surface area (Å²) in [6, 6.07) is 0. The van der Waals surface area contributed by atoms with Gasteiger partial charge >= 0.3 is 5.97 Å². The fourth-order valence-corrected chi connectivity index (χ4v) is 2.35. The number of carbonyl (C=O) groups is 1. The quantitative estimate of drug-likeness (QED) is 0.144. The summed E-state index contributed by atoms with van der Waals surface area (Å²) in [5, 5.41) is 0. The lowest BCUT2D eigenvalue weighted by Crippen LogP contribution is -2.10. The highest BCUT2D eigenvalue weighted by atomic mass is 17.2. The van der Waals surface area contributed by atoms with Crippen LogP contribution in [-0.4, -0.2) is 25.3 Å². The number of ether oxygens (including phenoxy) is 1. The van der Waals surface area contributed by atoms with Gasteiger partial charge in [-0.15, -0.1) is 0 Å². The Labute approximate surface area is 135 Å². The first kappa shape index (κ1) is 19.2. The molecule has 4 nitrogen and oxygen atoms in total. The number of hydrogen-bond donors (Lipinski definition) is 0. The van der Waals surface area contributed by atoms with E-state index in [9.17, 15) is 4.79 Å². The Hall–Kier alpha value is -0.870. The zero-order valence-corrected chi connectivity index (χ0v) is 14.1. The van der Waals surface area contributed by atoms with Crippen molar-refractivity contribution >= 4 is 5.97 Å². The molecule has 0 aliphatic carbocycles. The standard InChI is InChI=1S/C18H32O4/c1-3-4-5-6-7-8-9-10-11-12-13-21-22-18(19)16(2)14-17-15-20-17/h17H,2-15H2,1H3. The number of carbonyl (C=O) groups excluding carboxylic acids is 1. The summed E-state index contributed by atoms with van der Waals surface area (Å²) in [4.78, 5) is 21.1. The average Bonchev–Trinajstić information content (AvgIpc) is 3.32. The summed E-state index contributed by atoms with van der Waals surface area (Å²) in [7, 11) is 0. The molecule has 1 aliphatic heterocycles. The number of epoxide rings is 1. The molecule has 1 fully saturated rings. The maximum Gasteiger partial charge on any atom is 0.368 e. The summed E-state index contributed by atoms with van der Waals surface area (Å²) in [5.41, 5.74) is 0.422. The molecule has 0 aromatic heterocycles. The molecule has 0 amide bonds. The molecule has 1 heterocycles. The first-order valence-electron chi connectivity index (χ1n) is 8.87. The lowest BCUT2D eigenvalue weighted by atomic mass is 10.1. The third-order valence-electron chi connectivity index (χ3n) is 3.88. The molecular formula is C18H32O4. The molecule has 1 rings (SSSR count). The van der Waals surface area contributed by atoms with Crippen LogP contribution < -0.4 is 0 Å². The van der Waals surface area contributed by atoms with E-state index in [1.807, 2.05) is 0 Å². The van der Waals surface area contributed by atoms with Crippen molar-refractivity contribution in [3.8, 4) is 0 Å². The summed E-state index contributed by atoms with van der Waals surface area (Å²) in [6.07, 6.45) is 13.4. The van der Waals surface area contributed by atoms with E-state index >= 15 is 0 Å². The van der Waals surface area contributed by atoms with E-state index in [2.05, 4.69) is 13.5 Å². The minimum absolute atomic E-state index is 0.155. The van der Waals surface area contributed by atoms with Gasteiger partial charge in [0, 0.05) is 12.0 Å². The third kappa shape index (κ3) is 10.8. The van der Waals surface area contributed by atoms with Crippen LogP contribution in [0.2, 0.25) is 0 Å². The van der Waals surface area contributed by atoms with Crippen molar-refractivity contribution < 1.29 is 19.3 Å². The zero-order valence-electron chi connectivity index (χ0n) is 14.1. The van der Waals surface area contributed by atoms with E-state index in [1.165, 1.54) is 51.4 Å². The Morgan fingerprint density at radius 2 is 1.59 bits per heavy atom. The van der Waals surface area contributed by atoms with Gasteiger partial charge in [-0.25, -0.2) is 4.79 Å². The van der Waals surface area contributed by atoms with Crippen molar-refractivity contribution in [1.29, 1.82) is 0 Å². The molecular weight excluding hydrogens is 280 g/mol. The van der Waals surface area contributed by atoms with Gasteiger partial charge in [0.25, 0.3) is 0 Å². The van der Waals surface area contributed by atoms with Crippen LogP contribution in [-0.2, 0) is 19.3 Å². The second kappa shape index (κ2) is 12.7. The summed E-state index contributed by atoms with van der Waals surface area (Å²) < 4.78 is 5.04. The van der Waals surface area contributed by atoms with Gasteiger partial charge < -0.3 is 4.74 Å². The molecule has 0 spiro atoms. The molecule has 128 valence electrons. The van der Waals surface area contributed by atoms with Crippen molar-refractivity contribution in [2.45, 2.75) is 83.7 Å². The molecule has 4 heteroatoms. The van der Waals surface area contributed by atoms with E-state index in [0.29, 0.717) is 25.2 Å². The molecule has 1 saturated heterocycles. The van der Waals surface area contributed by atoms with Crippen molar-refractivity contribution in [1.82, 2.24) is 0 Å². The molecule has 0 N–H and O–H groups in total. The molecule has 0 aromatic rings. The second-order valence-corrected chi connectivity index (χ2v) is 6.14. The van der Waals surface area contributed by atoms with Crippen LogP contribution in [0.4, 0.5) is 0 Å². The highest BCUT2D eigenvalue weighted by molar-refractivity contribution is 5.87. The van der Waals surface area contributed by atoms with Gasteiger partial charge in [-0.05, 0) is 6.42 Å². The normalized spacial score (nSPS) is 16.5. The van der Waals surface area contributed by atoms with Crippen LogP contribution in [0.5, 0.6) is 0 Å². The SMILES string of the molecule is C=C(CC1CO1)C(=O)OOCCCCCCCCCCCC. The van der Waals surface area contributed by atoms with Gasteiger partial charge in [-0.2, -0.15) is 4.89 Å². The smallest absolute Gasteiger partial charge is 0.368 e. The van der Waals surface area contributed by atoms with Crippen molar-refractivity contribution in [2.75, 3.05) is 13.2 Å². The van der Waals surface area contributed by atoms with Crippen LogP contribution in [0.15, 0.2) is 12.2 Å². The zero-order chi connectivity index (χ0) is 16.0. The predicted octanol–water partition coefficient (Wildman–Crippen LogP) is 4.73. The lowest BCUT2D eigenvalue weighted by Gasteiger charge is -2.05. The van der Waals surface area contributed by atoms with Crippen LogP contribution in [0.3, 0.4) is 0 Å². The average molecular weight is 312 g/mol. The first-order valence-corrected chi connectivity index (χ1v) is 8.87. The maximum absolute atomic E-state index is 11.5. The predicted molar refractivity (Wildman–Crippen MR) is 87.4 cm³/mol. The molecule has 0 radical (unpaired) electrons. The molecule has 1 atom stereocenters. The third-order valence-corrected chi connectivity index (χ3v) is 3.88. The molecule has 1 aliphatic rings. The van der Waals surface area contributed by atoms with E-state index in [1.54, 1.807) is 0 Å². The van der Waals surface area contributed by atoms with Crippen LogP contribution in [0.1, 0.15) is 77.6 Å². The number of rotatable bonds is 15. The largest absolute Gasteiger partial charge is 0.373 e. The van der Waals surface area contributed by atoms with Crippen molar-refractivity contribution in [3.05, 3.63) is 12.2 Å². The molecule has 22 heavy (non-hydrogen) atoms. The van der Waals surface area contributed by atoms with Crippen LogP contribution in [0.25, 0.3) is 0 Å². The van der Waals surface area contributed by atoms with Crippen LogP contribution >= 0.6 is 0 Å². The topological polar surface area (TPSA) is 48.1 Å². The van der Waals surface area contributed by atoms with Gasteiger partial charge in [0.15, 0.2) is 0 Å². The molecule has 0 saturated carbocycles. The fraction of sp³-hybridized carbons (Fsp3) is 0.833. The van der Waals surface area contributed by atoms with Crippen LogP contribution in [0, 0.1) is 0 Å². The second-order valence-electron chi connectivity index (χ2n) is 6.14. The van der Waals surface area contributed by atoms with Gasteiger partial charge in [0.05, 0.1) is 19.3 Å². The maximum atomic E-state index is 11.5. The van der Waals surface area contributed by atoms with Gasteiger partial charge in [-0.1, -0.05) is 71.3 Å². The Balaban J connectivity index is 1.77. The van der Waals surface area contributed by atoms with E-state index in [-0.39, 0.29) is 6.10 Å². The van der Waals surface area contributed by atoms with Crippen molar-refractivity contribution in [3.63, 3.8) is 0 Å². The Morgan fingerprint density at radius 1 is 1.05 bits per heavy atom. The fourth-order valence-electron chi connectivity index (χ4n) is 2.35. The Kier molecular flexibility index (Phi) is 11.0.